The van der Waals surface area contributed by atoms with Gasteiger partial charge in [0.05, 0.1) is 17.1 Å². The highest BCUT2D eigenvalue weighted by atomic mass is 32.2. The molecule has 1 aliphatic rings. The number of rotatable bonds is 4. The molecule has 4 heterocycles. The zero-order valence-corrected chi connectivity index (χ0v) is 17.7. The van der Waals surface area contributed by atoms with Crippen LogP contribution in [0.4, 0.5) is 5.82 Å². The number of piperazine rings is 1. The molecule has 29 heavy (non-hydrogen) atoms. The lowest BCUT2D eigenvalue weighted by Crippen LogP contribution is -2.49. The van der Waals surface area contributed by atoms with Crippen LogP contribution in [0.3, 0.4) is 0 Å². The molecule has 0 saturated carbocycles. The first-order valence-electron chi connectivity index (χ1n) is 9.39. The van der Waals surface area contributed by atoms with Gasteiger partial charge in [0.1, 0.15) is 17.0 Å². The molecule has 0 amide bonds. The summed E-state index contributed by atoms with van der Waals surface area (Å²) in [4.78, 5) is 11.1. The van der Waals surface area contributed by atoms with Crippen LogP contribution in [0.2, 0.25) is 0 Å². The SMILES string of the molecule is Cc1cc(C)n(-c2cc(N3CCN(S(=O)(=O)c4c(C)n[nH]c4C)CC3)ncn2)n1. The fourth-order valence-corrected chi connectivity index (χ4v) is 5.45. The van der Waals surface area contributed by atoms with Crippen molar-refractivity contribution in [3.05, 3.63) is 41.2 Å². The number of nitrogens with zero attached hydrogens (tertiary/aromatic N) is 7. The van der Waals surface area contributed by atoms with E-state index in [-0.39, 0.29) is 4.90 Å². The van der Waals surface area contributed by atoms with E-state index >= 15 is 0 Å². The number of sulfonamides is 1. The van der Waals surface area contributed by atoms with Gasteiger partial charge in [0.2, 0.25) is 10.0 Å². The first kappa shape index (κ1) is 19.5. The van der Waals surface area contributed by atoms with Crippen LogP contribution in [0.15, 0.2) is 23.4 Å². The lowest BCUT2D eigenvalue weighted by Gasteiger charge is -2.34. The standard InChI is InChI=1S/C18H24N8O2S/c1-12-9-13(2)26(23-12)17-10-16(19-11-20-17)24-5-7-25(8-6-24)29(27,28)18-14(3)21-22-15(18)4/h9-11H,5-8H2,1-4H3,(H,21,22). The van der Waals surface area contributed by atoms with Crippen molar-refractivity contribution in [1.82, 2.24) is 34.3 Å². The van der Waals surface area contributed by atoms with Gasteiger partial charge in [-0.25, -0.2) is 23.1 Å². The Morgan fingerprint density at radius 2 is 1.66 bits per heavy atom. The number of aromatic nitrogens is 6. The highest BCUT2D eigenvalue weighted by molar-refractivity contribution is 7.89. The molecule has 0 atom stereocenters. The quantitative estimate of drug-likeness (QED) is 0.678. The second kappa shape index (κ2) is 7.23. The molecule has 0 radical (unpaired) electrons. The average Bonchev–Trinajstić information content (AvgIpc) is 3.22. The third-order valence-electron chi connectivity index (χ3n) is 5.09. The van der Waals surface area contributed by atoms with Crippen molar-refractivity contribution in [2.45, 2.75) is 32.6 Å². The Balaban J connectivity index is 1.52. The Labute approximate surface area is 169 Å². The number of anilines is 1. The Morgan fingerprint density at radius 1 is 0.966 bits per heavy atom. The van der Waals surface area contributed by atoms with Crippen LogP contribution in [0.25, 0.3) is 5.82 Å². The van der Waals surface area contributed by atoms with E-state index in [0.29, 0.717) is 43.4 Å². The number of hydrogen-bond acceptors (Lipinski definition) is 7. The van der Waals surface area contributed by atoms with E-state index in [2.05, 4.69) is 30.2 Å². The number of nitrogens with one attached hydrogen (secondary N) is 1. The maximum Gasteiger partial charge on any atom is 0.246 e. The van der Waals surface area contributed by atoms with E-state index in [4.69, 9.17) is 0 Å². The summed E-state index contributed by atoms with van der Waals surface area (Å²) < 4.78 is 29.3. The Morgan fingerprint density at radius 3 is 2.24 bits per heavy atom. The fourth-order valence-electron chi connectivity index (χ4n) is 3.69. The van der Waals surface area contributed by atoms with Gasteiger partial charge in [-0.3, -0.25) is 5.10 Å². The summed E-state index contributed by atoms with van der Waals surface area (Å²) in [6, 6.07) is 3.87. The zero-order valence-electron chi connectivity index (χ0n) is 16.9. The van der Waals surface area contributed by atoms with Crippen LogP contribution in [-0.4, -0.2) is 68.8 Å². The summed E-state index contributed by atoms with van der Waals surface area (Å²) in [6.07, 6.45) is 1.52. The molecule has 11 heteroatoms. The van der Waals surface area contributed by atoms with Crippen LogP contribution < -0.4 is 4.90 Å². The molecule has 1 aliphatic heterocycles. The van der Waals surface area contributed by atoms with Crippen molar-refractivity contribution in [2.24, 2.45) is 0 Å². The Bertz CT molecular complexity index is 1120. The van der Waals surface area contributed by atoms with Crippen molar-refractivity contribution in [3.8, 4) is 5.82 Å². The monoisotopic (exact) mass is 416 g/mol. The van der Waals surface area contributed by atoms with Gasteiger partial charge in [-0.05, 0) is 33.8 Å². The molecule has 0 unspecified atom stereocenters. The largest absolute Gasteiger partial charge is 0.354 e. The topological polar surface area (TPSA) is 113 Å². The molecule has 10 nitrogen and oxygen atoms in total. The molecule has 0 bridgehead atoms. The normalized spacial score (nSPS) is 15.8. The van der Waals surface area contributed by atoms with Crippen molar-refractivity contribution in [1.29, 1.82) is 0 Å². The Kier molecular flexibility index (Phi) is 4.87. The van der Waals surface area contributed by atoms with Crippen LogP contribution in [0.1, 0.15) is 22.8 Å². The van der Waals surface area contributed by atoms with Gasteiger partial charge in [0.25, 0.3) is 0 Å². The molecule has 1 N–H and O–H groups in total. The van der Waals surface area contributed by atoms with E-state index in [1.54, 1.807) is 18.5 Å². The maximum absolute atomic E-state index is 13.0. The molecule has 0 aliphatic carbocycles. The first-order valence-corrected chi connectivity index (χ1v) is 10.8. The zero-order chi connectivity index (χ0) is 20.8. The smallest absolute Gasteiger partial charge is 0.246 e. The number of hydrogen-bond donors (Lipinski definition) is 1. The van der Waals surface area contributed by atoms with Gasteiger partial charge in [-0.1, -0.05) is 0 Å². The first-order chi connectivity index (χ1) is 13.8. The van der Waals surface area contributed by atoms with Crippen molar-refractivity contribution in [3.63, 3.8) is 0 Å². The van der Waals surface area contributed by atoms with Gasteiger partial charge in [0.15, 0.2) is 5.82 Å². The van der Waals surface area contributed by atoms with Crippen molar-refractivity contribution in [2.75, 3.05) is 31.1 Å². The van der Waals surface area contributed by atoms with Crippen LogP contribution in [-0.2, 0) is 10.0 Å². The summed E-state index contributed by atoms with van der Waals surface area (Å²) >= 11 is 0. The lowest BCUT2D eigenvalue weighted by atomic mass is 10.3. The van der Waals surface area contributed by atoms with E-state index < -0.39 is 10.0 Å². The summed E-state index contributed by atoms with van der Waals surface area (Å²) in [7, 11) is -3.57. The van der Waals surface area contributed by atoms with E-state index in [9.17, 15) is 8.42 Å². The molecule has 0 aromatic carbocycles. The predicted molar refractivity (Wildman–Crippen MR) is 108 cm³/mol. The summed E-state index contributed by atoms with van der Waals surface area (Å²) in [5.74, 6) is 1.45. The number of aryl methyl sites for hydroxylation is 4. The maximum atomic E-state index is 13.0. The van der Waals surface area contributed by atoms with Gasteiger partial charge in [0, 0.05) is 37.9 Å². The fraction of sp³-hybridized carbons (Fsp3) is 0.444. The highest BCUT2D eigenvalue weighted by Crippen LogP contribution is 2.24. The molecular weight excluding hydrogens is 392 g/mol. The van der Waals surface area contributed by atoms with Crippen molar-refractivity contribution >= 4 is 15.8 Å². The van der Waals surface area contributed by atoms with Gasteiger partial charge < -0.3 is 4.90 Å². The molecular formula is C18H24N8O2S. The number of aromatic amines is 1. The third kappa shape index (κ3) is 3.51. The number of H-pyrrole nitrogens is 1. The van der Waals surface area contributed by atoms with Crippen LogP contribution in [0, 0.1) is 27.7 Å². The average molecular weight is 417 g/mol. The van der Waals surface area contributed by atoms with Gasteiger partial charge in [-0.15, -0.1) is 0 Å². The van der Waals surface area contributed by atoms with Gasteiger partial charge >= 0.3 is 0 Å². The van der Waals surface area contributed by atoms with E-state index in [0.717, 1.165) is 17.2 Å². The highest BCUT2D eigenvalue weighted by Gasteiger charge is 2.32. The lowest BCUT2D eigenvalue weighted by molar-refractivity contribution is 0.383. The van der Waals surface area contributed by atoms with Crippen LogP contribution in [0.5, 0.6) is 0 Å². The minimum Gasteiger partial charge on any atom is -0.354 e. The summed E-state index contributed by atoms with van der Waals surface area (Å²) in [5.41, 5.74) is 2.98. The second-order valence-electron chi connectivity index (χ2n) is 7.23. The third-order valence-corrected chi connectivity index (χ3v) is 7.25. The second-order valence-corrected chi connectivity index (χ2v) is 9.10. The molecule has 4 rings (SSSR count). The molecule has 1 fully saturated rings. The summed E-state index contributed by atoms with van der Waals surface area (Å²) in [5, 5.41) is 11.2. The summed E-state index contributed by atoms with van der Waals surface area (Å²) in [6.45, 7) is 9.20. The molecule has 1 saturated heterocycles. The minimum atomic E-state index is -3.57. The minimum absolute atomic E-state index is 0.278. The molecule has 154 valence electrons. The molecule has 3 aromatic heterocycles. The van der Waals surface area contributed by atoms with Crippen molar-refractivity contribution < 1.29 is 8.42 Å². The van der Waals surface area contributed by atoms with Gasteiger partial charge in [-0.2, -0.15) is 14.5 Å². The molecule has 3 aromatic rings. The van der Waals surface area contributed by atoms with Crippen LogP contribution >= 0.6 is 0 Å². The Hall–Kier alpha value is -2.79. The van der Waals surface area contributed by atoms with E-state index in [1.807, 2.05) is 26.0 Å². The van der Waals surface area contributed by atoms with E-state index in [1.165, 1.54) is 10.6 Å². The molecule has 0 spiro atoms. The predicted octanol–water partition coefficient (Wildman–Crippen LogP) is 1.13.